The maximum atomic E-state index is 12.1. The topological polar surface area (TPSA) is 67.5 Å². The molecule has 0 spiro atoms. The summed E-state index contributed by atoms with van der Waals surface area (Å²) < 4.78 is 3.80. The van der Waals surface area contributed by atoms with Gasteiger partial charge in [0.1, 0.15) is 0 Å². The van der Waals surface area contributed by atoms with E-state index in [4.69, 9.17) is 0 Å². The normalized spacial score (nSPS) is 22.6. The number of aromatic hydroxyl groups is 1. The summed E-state index contributed by atoms with van der Waals surface area (Å²) in [7, 11) is 1.88. The highest BCUT2D eigenvalue weighted by molar-refractivity contribution is 5.29. The van der Waals surface area contributed by atoms with Gasteiger partial charge in [-0.1, -0.05) is 6.07 Å². The summed E-state index contributed by atoms with van der Waals surface area (Å²) >= 11 is 0. The predicted octanol–water partition coefficient (Wildman–Crippen LogP) is 1.18. The zero-order valence-corrected chi connectivity index (χ0v) is 14.6. The molecule has 4 heterocycles. The average Bonchev–Trinajstić information content (AvgIpc) is 2.58. The molecule has 1 N–H and O–H groups in total. The standard InChI is InChI=1S/C19H23N3O3/c1-12-6-17(23)19(25)16(20(12)2)11-21-8-13-7-14(10-21)15-4-3-5-18(24)22(15)9-13/h3-6,13-14,25H,7-11H2,1-2H3. The molecule has 4 rings (SSSR count). The zero-order chi connectivity index (χ0) is 17.7. The molecule has 2 bridgehead atoms. The molecule has 2 aliphatic rings. The number of fused-ring (bicyclic) bond motifs is 4. The average molecular weight is 341 g/mol. The lowest BCUT2D eigenvalue weighted by Crippen LogP contribution is -2.47. The lowest BCUT2D eigenvalue weighted by Gasteiger charge is -2.43. The molecule has 2 aliphatic heterocycles. The highest BCUT2D eigenvalue weighted by atomic mass is 16.3. The van der Waals surface area contributed by atoms with E-state index < -0.39 is 0 Å². The van der Waals surface area contributed by atoms with E-state index >= 15 is 0 Å². The molecule has 2 aromatic heterocycles. The fraction of sp³-hybridized carbons (Fsp3) is 0.474. The number of hydrogen-bond acceptors (Lipinski definition) is 4. The number of likely N-dealkylation sites (tertiary alicyclic amines) is 1. The van der Waals surface area contributed by atoms with Gasteiger partial charge in [-0.05, 0) is 25.3 Å². The smallest absolute Gasteiger partial charge is 0.250 e. The van der Waals surface area contributed by atoms with E-state index in [9.17, 15) is 14.7 Å². The highest BCUT2D eigenvalue weighted by Gasteiger charge is 2.34. The molecule has 132 valence electrons. The van der Waals surface area contributed by atoms with Gasteiger partial charge in [-0.3, -0.25) is 14.5 Å². The monoisotopic (exact) mass is 341 g/mol. The molecular weight excluding hydrogens is 318 g/mol. The summed E-state index contributed by atoms with van der Waals surface area (Å²) in [6, 6.07) is 6.98. The Morgan fingerprint density at radius 2 is 2.00 bits per heavy atom. The Morgan fingerprint density at radius 3 is 2.80 bits per heavy atom. The minimum absolute atomic E-state index is 0.0828. The van der Waals surface area contributed by atoms with Crippen LogP contribution in [-0.2, 0) is 20.1 Å². The number of aromatic nitrogens is 2. The van der Waals surface area contributed by atoms with E-state index in [1.165, 1.54) is 6.07 Å². The Kier molecular flexibility index (Phi) is 3.80. The van der Waals surface area contributed by atoms with Gasteiger partial charge in [0, 0.05) is 62.7 Å². The maximum absolute atomic E-state index is 12.1. The minimum atomic E-state index is -0.320. The van der Waals surface area contributed by atoms with E-state index in [1.54, 1.807) is 6.07 Å². The molecule has 0 aromatic carbocycles. The third-order valence-corrected chi connectivity index (χ3v) is 5.71. The number of piperidine rings is 1. The molecule has 6 heteroatoms. The Morgan fingerprint density at radius 1 is 1.20 bits per heavy atom. The fourth-order valence-corrected chi connectivity index (χ4v) is 4.39. The van der Waals surface area contributed by atoms with Gasteiger partial charge in [0.05, 0.1) is 5.69 Å². The summed E-state index contributed by atoms with van der Waals surface area (Å²) in [6.07, 6.45) is 1.10. The van der Waals surface area contributed by atoms with Crippen LogP contribution in [0.4, 0.5) is 0 Å². The van der Waals surface area contributed by atoms with Gasteiger partial charge in [0.15, 0.2) is 5.75 Å². The van der Waals surface area contributed by atoms with E-state index in [2.05, 4.69) is 4.90 Å². The second-order valence-electron chi connectivity index (χ2n) is 7.40. The summed E-state index contributed by atoms with van der Waals surface area (Å²) in [6.45, 7) is 4.88. The molecule has 6 nitrogen and oxygen atoms in total. The number of rotatable bonds is 2. The minimum Gasteiger partial charge on any atom is -0.503 e. The summed E-state index contributed by atoms with van der Waals surface area (Å²) in [5.41, 5.74) is 2.37. The Balaban J connectivity index is 1.64. The number of pyridine rings is 2. The van der Waals surface area contributed by atoms with Crippen molar-refractivity contribution in [3.63, 3.8) is 0 Å². The van der Waals surface area contributed by atoms with Crippen LogP contribution >= 0.6 is 0 Å². The van der Waals surface area contributed by atoms with Gasteiger partial charge in [-0.25, -0.2) is 0 Å². The van der Waals surface area contributed by atoms with Crippen molar-refractivity contribution in [2.24, 2.45) is 13.0 Å². The van der Waals surface area contributed by atoms with Crippen molar-refractivity contribution in [2.75, 3.05) is 13.1 Å². The lowest BCUT2D eigenvalue weighted by molar-refractivity contribution is 0.111. The molecular formula is C19H23N3O3. The van der Waals surface area contributed by atoms with Crippen LogP contribution in [0, 0.1) is 12.8 Å². The summed E-state index contributed by atoms with van der Waals surface area (Å²) in [5, 5.41) is 10.2. The third kappa shape index (κ3) is 2.70. The summed E-state index contributed by atoms with van der Waals surface area (Å²) in [5.74, 6) is 0.598. The first-order valence-electron chi connectivity index (χ1n) is 8.74. The van der Waals surface area contributed by atoms with Crippen molar-refractivity contribution >= 4 is 0 Å². The second-order valence-corrected chi connectivity index (χ2v) is 7.40. The van der Waals surface area contributed by atoms with Crippen molar-refractivity contribution < 1.29 is 5.11 Å². The first kappa shape index (κ1) is 16.1. The van der Waals surface area contributed by atoms with Crippen molar-refractivity contribution in [1.82, 2.24) is 14.0 Å². The van der Waals surface area contributed by atoms with Gasteiger partial charge in [0.2, 0.25) is 5.43 Å². The maximum Gasteiger partial charge on any atom is 0.250 e. The van der Waals surface area contributed by atoms with Gasteiger partial charge in [-0.15, -0.1) is 0 Å². The predicted molar refractivity (Wildman–Crippen MR) is 94.9 cm³/mol. The van der Waals surface area contributed by atoms with Crippen molar-refractivity contribution in [1.29, 1.82) is 0 Å². The Hall–Kier alpha value is -2.34. The van der Waals surface area contributed by atoms with Crippen LogP contribution in [0.5, 0.6) is 5.75 Å². The molecule has 2 unspecified atom stereocenters. The van der Waals surface area contributed by atoms with Crippen LogP contribution in [-0.4, -0.2) is 32.2 Å². The van der Waals surface area contributed by atoms with Crippen LogP contribution in [0.3, 0.4) is 0 Å². The van der Waals surface area contributed by atoms with E-state index in [1.807, 2.05) is 35.2 Å². The molecule has 1 fully saturated rings. The number of aryl methyl sites for hydroxylation is 1. The van der Waals surface area contributed by atoms with Crippen LogP contribution in [0.1, 0.15) is 29.4 Å². The molecule has 2 atom stereocenters. The van der Waals surface area contributed by atoms with Gasteiger partial charge in [-0.2, -0.15) is 0 Å². The molecule has 0 amide bonds. The van der Waals surface area contributed by atoms with Crippen LogP contribution < -0.4 is 11.0 Å². The van der Waals surface area contributed by atoms with Crippen LogP contribution in [0.2, 0.25) is 0 Å². The second kappa shape index (κ2) is 5.88. The van der Waals surface area contributed by atoms with Crippen molar-refractivity contribution in [2.45, 2.75) is 32.4 Å². The lowest BCUT2D eigenvalue weighted by atomic mass is 9.83. The van der Waals surface area contributed by atoms with Crippen LogP contribution in [0.25, 0.3) is 0 Å². The fourth-order valence-electron chi connectivity index (χ4n) is 4.39. The Bertz CT molecular complexity index is 944. The van der Waals surface area contributed by atoms with E-state index in [0.29, 0.717) is 24.1 Å². The Labute approximate surface area is 145 Å². The molecule has 0 aliphatic carbocycles. The van der Waals surface area contributed by atoms with Crippen molar-refractivity contribution in [3.05, 3.63) is 61.9 Å². The molecule has 0 radical (unpaired) electrons. The van der Waals surface area contributed by atoms with Crippen molar-refractivity contribution in [3.8, 4) is 5.75 Å². The third-order valence-electron chi connectivity index (χ3n) is 5.71. The molecule has 25 heavy (non-hydrogen) atoms. The first-order valence-corrected chi connectivity index (χ1v) is 8.74. The molecule has 1 saturated heterocycles. The number of nitrogens with zero attached hydrogens (tertiary/aromatic N) is 3. The first-order chi connectivity index (χ1) is 11.9. The number of hydrogen-bond donors (Lipinski definition) is 1. The largest absolute Gasteiger partial charge is 0.503 e. The van der Waals surface area contributed by atoms with Gasteiger partial charge >= 0.3 is 0 Å². The van der Waals surface area contributed by atoms with Gasteiger partial charge < -0.3 is 14.2 Å². The molecule has 0 saturated carbocycles. The van der Waals surface area contributed by atoms with Gasteiger partial charge in [0.25, 0.3) is 5.56 Å². The van der Waals surface area contributed by atoms with Crippen LogP contribution in [0.15, 0.2) is 33.9 Å². The quantitative estimate of drug-likeness (QED) is 0.891. The zero-order valence-electron chi connectivity index (χ0n) is 14.6. The SMILES string of the molecule is Cc1cc(=O)c(O)c(CN2CC3CC(C2)c2cccc(=O)n2C3)n1C. The van der Waals surface area contributed by atoms with E-state index in [-0.39, 0.29) is 16.7 Å². The van der Waals surface area contributed by atoms with E-state index in [0.717, 1.165) is 37.4 Å². The highest BCUT2D eigenvalue weighted by Crippen LogP contribution is 2.35. The molecule has 2 aromatic rings. The summed E-state index contributed by atoms with van der Waals surface area (Å²) in [4.78, 5) is 26.3.